The second kappa shape index (κ2) is 5.61. The highest BCUT2D eigenvalue weighted by Crippen LogP contribution is 2.22. The van der Waals surface area contributed by atoms with Gasteiger partial charge in [-0.1, -0.05) is 11.6 Å². The molecule has 0 radical (unpaired) electrons. The molecule has 1 unspecified atom stereocenters. The zero-order valence-electron chi connectivity index (χ0n) is 12.1. The molecule has 0 spiro atoms. The van der Waals surface area contributed by atoms with Crippen molar-refractivity contribution in [3.8, 4) is 0 Å². The molecule has 1 aliphatic rings. The van der Waals surface area contributed by atoms with Crippen LogP contribution in [0.2, 0.25) is 5.02 Å². The number of likely N-dealkylation sites (tertiary alicyclic amines) is 1. The first-order valence-electron chi connectivity index (χ1n) is 7.13. The van der Waals surface area contributed by atoms with E-state index in [0.29, 0.717) is 41.4 Å². The van der Waals surface area contributed by atoms with Crippen molar-refractivity contribution in [2.24, 2.45) is 5.92 Å². The Labute approximate surface area is 132 Å². The van der Waals surface area contributed by atoms with Gasteiger partial charge in [0.2, 0.25) is 0 Å². The van der Waals surface area contributed by atoms with Gasteiger partial charge in [0, 0.05) is 30.4 Å². The van der Waals surface area contributed by atoms with E-state index in [0.717, 1.165) is 0 Å². The lowest BCUT2D eigenvalue weighted by Crippen LogP contribution is -2.42. The number of imidazole rings is 1. The molecule has 0 aliphatic carbocycles. The average molecular weight is 322 g/mol. The number of amides is 1. The molecule has 1 aliphatic heterocycles. The second-order valence-electron chi connectivity index (χ2n) is 5.55. The maximum atomic E-state index is 12.8. The van der Waals surface area contributed by atoms with Crippen LogP contribution in [0.3, 0.4) is 0 Å². The van der Waals surface area contributed by atoms with E-state index in [1.165, 1.54) is 0 Å². The summed E-state index contributed by atoms with van der Waals surface area (Å²) in [5.74, 6) is -1.52. The van der Waals surface area contributed by atoms with Crippen molar-refractivity contribution >= 4 is 29.1 Å². The van der Waals surface area contributed by atoms with Crippen molar-refractivity contribution in [3.05, 3.63) is 34.7 Å². The number of carbonyl (C=O) groups excluding carboxylic acids is 1. The van der Waals surface area contributed by atoms with Crippen molar-refractivity contribution in [1.82, 2.24) is 14.3 Å². The fraction of sp³-hybridized carbons (Fsp3) is 0.400. The van der Waals surface area contributed by atoms with E-state index < -0.39 is 11.9 Å². The van der Waals surface area contributed by atoms with Gasteiger partial charge in [-0.25, -0.2) is 4.98 Å². The van der Waals surface area contributed by atoms with E-state index in [2.05, 4.69) is 4.98 Å². The smallest absolute Gasteiger partial charge is 0.308 e. The molecular formula is C15H16ClN3O3. The molecule has 2 aromatic heterocycles. The molecule has 0 bridgehead atoms. The lowest BCUT2D eigenvalue weighted by atomic mass is 9.98. The van der Waals surface area contributed by atoms with E-state index in [4.69, 9.17) is 16.7 Å². The van der Waals surface area contributed by atoms with Crippen LogP contribution in [0.25, 0.3) is 5.65 Å². The van der Waals surface area contributed by atoms with Gasteiger partial charge in [-0.15, -0.1) is 0 Å². The number of pyridine rings is 1. The van der Waals surface area contributed by atoms with E-state index in [1.54, 1.807) is 34.6 Å². The van der Waals surface area contributed by atoms with Crippen LogP contribution >= 0.6 is 11.6 Å². The Kier molecular flexibility index (Phi) is 3.78. The number of carbonyl (C=O) groups is 2. The SMILES string of the molecule is Cc1nc2cc(Cl)ccn2c1C(=O)N1CCCC(C(=O)O)C1. The minimum absolute atomic E-state index is 0.182. The molecule has 0 saturated carbocycles. The summed E-state index contributed by atoms with van der Waals surface area (Å²) in [6, 6.07) is 3.39. The topological polar surface area (TPSA) is 74.9 Å². The Morgan fingerprint density at radius 2 is 2.23 bits per heavy atom. The average Bonchev–Trinajstić information content (AvgIpc) is 2.81. The van der Waals surface area contributed by atoms with Gasteiger partial charge in [-0.2, -0.15) is 0 Å². The van der Waals surface area contributed by atoms with Crippen LogP contribution in [0.1, 0.15) is 29.0 Å². The van der Waals surface area contributed by atoms with Gasteiger partial charge in [-0.3, -0.25) is 14.0 Å². The zero-order chi connectivity index (χ0) is 15.9. The van der Waals surface area contributed by atoms with Gasteiger partial charge in [0.1, 0.15) is 11.3 Å². The summed E-state index contributed by atoms with van der Waals surface area (Å²) in [7, 11) is 0. The molecule has 1 fully saturated rings. The number of nitrogens with zero attached hydrogens (tertiary/aromatic N) is 3. The van der Waals surface area contributed by atoms with Crippen molar-refractivity contribution < 1.29 is 14.7 Å². The highest BCUT2D eigenvalue weighted by atomic mass is 35.5. The molecule has 3 rings (SSSR count). The Bertz CT molecular complexity index is 756. The summed E-state index contributed by atoms with van der Waals surface area (Å²) in [5, 5.41) is 9.71. The first-order chi connectivity index (χ1) is 10.5. The van der Waals surface area contributed by atoms with Crippen LogP contribution < -0.4 is 0 Å². The summed E-state index contributed by atoms with van der Waals surface area (Å²) in [4.78, 5) is 29.9. The lowest BCUT2D eigenvalue weighted by Gasteiger charge is -2.30. The number of halogens is 1. The van der Waals surface area contributed by atoms with Gasteiger partial charge >= 0.3 is 5.97 Å². The molecule has 2 aromatic rings. The van der Waals surface area contributed by atoms with Crippen LogP contribution in [0, 0.1) is 12.8 Å². The number of piperidine rings is 1. The quantitative estimate of drug-likeness (QED) is 0.920. The molecular weight excluding hydrogens is 306 g/mol. The third kappa shape index (κ3) is 2.54. The molecule has 1 N–H and O–H groups in total. The van der Waals surface area contributed by atoms with Crippen LogP contribution in [-0.2, 0) is 4.79 Å². The fourth-order valence-electron chi connectivity index (χ4n) is 2.91. The number of aliphatic carboxylic acids is 1. The summed E-state index contributed by atoms with van der Waals surface area (Å²) in [6.45, 7) is 2.59. The summed E-state index contributed by atoms with van der Waals surface area (Å²) in [5.41, 5.74) is 1.70. The monoisotopic (exact) mass is 321 g/mol. The molecule has 0 aromatic carbocycles. The normalized spacial score (nSPS) is 18.6. The highest BCUT2D eigenvalue weighted by Gasteiger charge is 2.30. The molecule has 3 heterocycles. The van der Waals surface area contributed by atoms with Crippen molar-refractivity contribution in [2.75, 3.05) is 13.1 Å². The van der Waals surface area contributed by atoms with E-state index in [1.807, 2.05) is 0 Å². The molecule has 1 saturated heterocycles. The summed E-state index contributed by atoms with van der Waals surface area (Å²) >= 11 is 5.95. The minimum Gasteiger partial charge on any atom is -0.481 e. The third-order valence-corrected chi connectivity index (χ3v) is 4.26. The molecule has 7 heteroatoms. The van der Waals surface area contributed by atoms with E-state index in [9.17, 15) is 9.59 Å². The molecule has 116 valence electrons. The van der Waals surface area contributed by atoms with Crippen LogP contribution in [0.4, 0.5) is 0 Å². The Morgan fingerprint density at radius 3 is 2.95 bits per heavy atom. The predicted octanol–water partition coefficient (Wildman–Crippen LogP) is 2.23. The number of hydrogen-bond donors (Lipinski definition) is 1. The van der Waals surface area contributed by atoms with Crippen LogP contribution in [0.15, 0.2) is 18.3 Å². The van der Waals surface area contributed by atoms with Crippen molar-refractivity contribution in [3.63, 3.8) is 0 Å². The lowest BCUT2D eigenvalue weighted by molar-refractivity contribution is -0.143. The highest BCUT2D eigenvalue weighted by molar-refractivity contribution is 6.30. The number of carboxylic acids is 1. The van der Waals surface area contributed by atoms with Crippen molar-refractivity contribution in [1.29, 1.82) is 0 Å². The van der Waals surface area contributed by atoms with Gasteiger partial charge < -0.3 is 10.0 Å². The largest absolute Gasteiger partial charge is 0.481 e. The number of rotatable bonds is 2. The molecule has 1 amide bonds. The number of carboxylic acid groups (broad SMARTS) is 1. The maximum absolute atomic E-state index is 12.8. The minimum atomic E-state index is -0.848. The van der Waals surface area contributed by atoms with Gasteiger partial charge in [0.25, 0.3) is 5.91 Å². The Balaban J connectivity index is 1.95. The predicted molar refractivity (Wildman–Crippen MR) is 81.2 cm³/mol. The fourth-order valence-corrected chi connectivity index (χ4v) is 3.06. The van der Waals surface area contributed by atoms with Gasteiger partial charge in [0.05, 0.1) is 11.6 Å². The number of hydrogen-bond acceptors (Lipinski definition) is 3. The number of aromatic nitrogens is 2. The van der Waals surface area contributed by atoms with Gasteiger partial charge in [-0.05, 0) is 25.8 Å². The number of aryl methyl sites for hydroxylation is 1. The van der Waals surface area contributed by atoms with E-state index in [-0.39, 0.29) is 12.5 Å². The molecule has 22 heavy (non-hydrogen) atoms. The van der Waals surface area contributed by atoms with E-state index >= 15 is 0 Å². The number of fused-ring (bicyclic) bond motifs is 1. The standard InChI is InChI=1S/C15H16ClN3O3/c1-9-13(19-6-4-11(16)7-12(19)17-9)14(20)18-5-2-3-10(8-18)15(21)22/h4,6-7,10H,2-3,5,8H2,1H3,(H,21,22). The first-order valence-corrected chi connectivity index (χ1v) is 7.51. The Hall–Kier alpha value is -2.08. The second-order valence-corrected chi connectivity index (χ2v) is 5.98. The first kappa shape index (κ1) is 14.8. The summed E-state index contributed by atoms with van der Waals surface area (Å²) < 4.78 is 1.70. The maximum Gasteiger partial charge on any atom is 0.308 e. The third-order valence-electron chi connectivity index (χ3n) is 4.02. The molecule has 1 atom stereocenters. The van der Waals surface area contributed by atoms with Gasteiger partial charge in [0.15, 0.2) is 0 Å². The van der Waals surface area contributed by atoms with Crippen LogP contribution in [0.5, 0.6) is 0 Å². The summed E-state index contributed by atoms with van der Waals surface area (Å²) in [6.07, 6.45) is 3.02. The zero-order valence-corrected chi connectivity index (χ0v) is 12.9. The van der Waals surface area contributed by atoms with Crippen LogP contribution in [-0.4, -0.2) is 44.4 Å². The Morgan fingerprint density at radius 1 is 1.45 bits per heavy atom. The van der Waals surface area contributed by atoms with Crippen molar-refractivity contribution in [2.45, 2.75) is 19.8 Å². The molecule has 6 nitrogen and oxygen atoms in total.